The first kappa shape index (κ1) is 14.4. The second-order valence-corrected chi connectivity index (χ2v) is 7.80. The standard InChI is InChI=1S/C11H16N2O4S2/c1-12(2)9-3-4-13(6-9)19(16,17)10-5-8(7-18-10)11(14)15/h5,7,9H,3-4,6H2,1-2H3,(H,14,15). The molecule has 1 unspecified atom stereocenters. The topological polar surface area (TPSA) is 77.9 Å². The van der Waals surface area contributed by atoms with Gasteiger partial charge in [0.05, 0.1) is 5.56 Å². The van der Waals surface area contributed by atoms with Crippen LogP contribution in [0.25, 0.3) is 0 Å². The van der Waals surface area contributed by atoms with Gasteiger partial charge in [-0.15, -0.1) is 11.3 Å². The lowest BCUT2D eigenvalue weighted by Crippen LogP contribution is -2.34. The first-order chi connectivity index (χ1) is 8.82. The predicted octanol–water partition coefficient (Wildman–Crippen LogP) is 0.771. The summed E-state index contributed by atoms with van der Waals surface area (Å²) >= 11 is 0.957. The van der Waals surface area contributed by atoms with Crippen molar-refractivity contribution in [2.24, 2.45) is 0 Å². The van der Waals surface area contributed by atoms with Gasteiger partial charge in [0.15, 0.2) is 0 Å². The molecule has 1 aromatic rings. The molecule has 8 heteroatoms. The van der Waals surface area contributed by atoms with Crippen molar-refractivity contribution in [1.82, 2.24) is 9.21 Å². The molecule has 19 heavy (non-hydrogen) atoms. The zero-order valence-electron chi connectivity index (χ0n) is 10.7. The smallest absolute Gasteiger partial charge is 0.336 e. The Hall–Kier alpha value is -0.960. The summed E-state index contributed by atoms with van der Waals surface area (Å²) < 4.78 is 26.3. The van der Waals surface area contributed by atoms with Crippen molar-refractivity contribution in [1.29, 1.82) is 0 Å². The summed E-state index contributed by atoms with van der Waals surface area (Å²) in [4.78, 5) is 12.8. The summed E-state index contributed by atoms with van der Waals surface area (Å²) in [7, 11) is 0.294. The van der Waals surface area contributed by atoms with Gasteiger partial charge in [0.25, 0.3) is 10.0 Å². The van der Waals surface area contributed by atoms with Gasteiger partial charge in [-0.3, -0.25) is 0 Å². The number of hydrogen-bond acceptors (Lipinski definition) is 5. The fourth-order valence-electron chi connectivity index (χ4n) is 2.04. The van der Waals surface area contributed by atoms with Crippen molar-refractivity contribution in [2.75, 3.05) is 27.2 Å². The normalized spacial score (nSPS) is 21.1. The van der Waals surface area contributed by atoms with E-state index in [2.05, 4.69) is 0 Å². The highest BCUT2D eigenvalue weighted by atomic mass is 32.2. The van der Waals surface area contributed by atoms with Crippen LogP contribution in [0, 0.1) is 0 Å². The summed E-state index contributed by atoms with van der Waals surface area (Å²) in [6.07, 6.45) is 0.795. The molecule has 1 atom stereocenters. The molecule has 1 aromatic heterocycles. The molecule has 0 amide bonds. The number of carboxylic acids is 1. The number of sulfonamides is 1. The van der Waals surface area contributed by atoms with Crippen molar-refractivity contribution >= 4 is 27.3 Å². The van der Waals surface area contributed by atoms with E-state index in [4.69, 9.17) is 5.11 Å². The first-order valence-electron chi connectivity index (χ1n) is 5.81. The zero-order chi connectivity index (χ0) is 14.2. The number of thiophene rings is 1. The Morgan fingerprint density at radius 1 is 1.53 bits per heavy atom. The maximum atomic E-state index is 12.4. The molecule has 2 rings (SSSR count). The van der Waals surface area contributed by atoms with Gasteiger partial charge in [-0.25, -0.2) is 13.2 Å². The molecule has 1 N–H and O–H groups in total. The minimum Gasteiger partial charge on any atom is -0.478 e. The van der Waals surface area contributed by atoms with Crippen LogP contribution < -0.4 is 0 Å². The molecule has 0 bridgehead atoms. The first-order valence-corrected chi connectivity index (χ1v) is 8.12. The average Bonchev–Trinajstić information content (AvgIpc) is 2.99. The van der Waals surface area contributed by atoms with Crippen molar-refractivity contribution in [3.05, 3.63) is 17.0 Å². The minimum atomic E-state index is -3.56. The van der Waals surface area contributed by atoms with Crippen LogP contribution in [0.2, 0.25) is 0 Å². The SMILES string of the molecule is CN(C)C1CCN(S(=O)(=O)c2cc(C(=O)O)cs2)C1. The molecule has 2 heterocycles. The summed E-state index contributed by atoms with van der Waals surface area (Å²) in [6.45, 7) is 0.932. The molecular formula is C11H16N2O4S2. The van der Waals surface area contributed by atoms with E-state index in [1.165, 1.54) is 15.8 Å². The maximum Gasteiger partial charge on any atom is 0.336 e. The van der Waals surface area contributed by atoms with E-state index >= 15 is 0 Å². The lowest BCUT2D eigenvalue weighted by molar-refractivity contribution is 0.0697. The number of rotatable bonds is 4. The van der Waals surface area contributed by atoms with E-state index in [9.17, 15) is 13.2 Å². The summed E-state index contributed by atoms with van der Waals surface area (Å²) in [5.41, 5.74) is 0.0203. The van der Waals surface area contributed by atoms with E-state index in [1.54, 1.807) is 0 Å². The van der Waals surface area contributed by atoms with Crippen LogP contribution in [0.5, 0.6) is 0 Å². The summed E-state index contributed by atoms with van der Waals surface area (Å²) in [5, 5.41) is 10.2. The largest absolute Gasteiger partial charge is 0.478 e. The molecule has 0 spiro atoms. The molecule has 0 radical (unpaired) electrons. The third-order valence-corrected chi connectivity index (χ3v) is 6.55. The van der Waals surface area contributed by atoms with Crippen LogP contribution in [0.1, 0.15) is 16.8 Å². The number of carboxylic acid groups (broad SMARTS) is 1. The fraction of sp³-hybridized carbons (Fsp3) is 0.545. The van der Waals surface area contributed by atoms with E-state index < -0.39 is 16.0 Å². The quantitative estimate of drug-likeness (QED) is 0.889. The molecule has 1 fully saturated rings. The van der Waals surface area contributed by atoms with E-state index in [-0.39, 0.29) is 15.8 Å². The van der Waals surface area contributed by atoms with Gasteiger partial charge >= 0.3 is 5.97 Å². The van der Waals surface area contributed by atoms with E-state index in [1.807, 2.05) is 19.0 Å². The minimum absolute atomic E-state index is 0.0203. The molecule has 1 aliphatic heterocycles. The van der Waals surface area contributed by atoms with E-state index in [0.29, 0.717) is 13.1 Å². The molecule has 6 nitrogen and oxygen atoms in total. The van der Waals surface area contributed by atoms with Crippen LogP contribution in [0.15, 0.2) is 15.7 Å². The molecule has 1 saturated heterocycles. The highest BCUT2D eigenvalue weighted by molar-refractivity contribution is 7.91. The van der Waals surface area contributed by atoms with Gasteiger partial charge in [-0.05, 0) is 26.6 Å². The maximum absolute atomic E-state index is 12.4. The van der Waals surface area contributed by atoms with Crippen LogP contribution in [-0.2, 0) is 10.0 Å². The fourth-order valence-corrected chi connectivity index (χ4v) is 4.84. The van der Waals surface area contributed by atoms with E-state index in [0.717, 1.165) is 17.8 Å². The second-order valence-electron chi connectivity index (χ2n) is 4.73. The Labute approximate surface area is 116 Å². The van der Waals surface area contributed by atoms with Crippen LogP contribution in [0.3, 0.4) is 0 Å². The predicted molar refractivity (Wildman–Crippen MR) is 72.1 cm³/mol. The van der Waals surface area contributed by atoms with Crippen LogP contribution in [-0.4, -0.2) is 61.9 Å². The molecule has 1 aliphatic rings. The Kier molecular flexibility index (Phi) is 3.95. The molecule has 0 aliphatic carbocycles. The van der Waals surface area contributed by atoms with Crippen molar-refractivity contribution in [3.63, 3.8) is 0 Å². The third kappa shape index (κ3) is 2.81. The van der Waals surface area contributed by atoms with Gasteiger partial charge in [-0.2, -0.15) is 4.31 Å². The van der Waals surface area contributed by atoms with Gasteiger partial charge in [-0.1, -0.05) is 0 Å². The van der Waals surface area contributed by atoms with Crippen molar-refractivity contribution in [3.8, 4) is 0 Å². The Balaban J connectivity index is 2.21. The number of hydrogen-bond donors (Lipinski definition) is 1. The molecule has 0 saturated carbocycles. The summed E-state index contributed by atoms with van der Waals surface area (Å²) in [6, 6.07) is 1.44. The van der Waals surface area contributed by atoms with Crippen molar-refractivity contribution < 1.29 is 18.3 Å². The van der Waals surface area contributed by atoms with Crippen molar-refractivity contribution in [2.45, 2.75) is 16.7 Å². The second kappa shape index (κ2) is 5.20. The average molecular weight is 304 g/mol. The highest BCUT2D eigenvalue weighted by Crippen LogP contribution is 2.27. The van der Waals surface area contributed by atoms with Crippen LogP contribution in [0.4, 0.5) is 0 Å². The van der Waals surface area contributed by atoms with Gasteiger partial charge in [0.2, 0.25) is 0 Å². The lowest BCUT2D eigenvalue weighted by atomic mass is 10.2. The highest BCUT2D eigenvalue weighted by Gasteiger charge is 2.34. The molecular weight excluding hydrogens is 288 g/mol. The van der Waals surface area contributed by atoms with Crippen LogP contribution >= 0.6 is 11.3 Å². The number of nitrogens with zero attached hydrogens (tertiary/aromatic N) is 2. The third-order valence-electron chi connectivity index (χ3n) is 3.27. The Morgan fingerprint density at radius 3 is 2.68 bits per heavy atom. The van der Waals surface area contributed by atoms with Gasteiger partial charge in [0, 0.05) is 24.5 Å². The van der Waals surface area contributed by atoms with Gasteiger partial charge in [0.1, 0.15) is 4.21 Å². The summed E-state index contributed by atoms with van der Waals surface area (Å²) in [5.74, 6) is -1.11. The number of aromatic carboxylic acids is 1. The lowest BCUT2D eigenvalue weighted by Gasteiger charge is -2.19. The number of likely N-dealkylation sites (N-methyl/N-ethyl adjacent to an activating group) is 1. The zero-order valence-corrected chi connectivity index (χ0v) is 12.4. The number of carbonyl (C=O) groups is 1. The Bertz CT molecular complexity index is 579. The Morgan fingerprint density at radius 2 is 2.21 bits per heavy atom. The molecule has 0 aromatic carbocycles. The monoisotopic (exact) mass is 304 g/mol. The van der Waals surface area contributed by atoms with Gasteiger partial charge < -0.3 is 10.0 Å². The molecule has 106 valence electrons.